The third-order valence-corrected chi connectivity index (χ3v) is 4.39. The molecule has 3 rings (SSSR count). The lowest BCUT2D eigenvalue weighted by Crippen LogP contribution is -2.19. The number of epoxide rings is 1. The van der Waals surface area contributed by atoms with Crippen LogP contribution in [-0.2, 0) is 27.4 Å². The lowest BCUT2D eigenvalue weighted by Gasteiger charge is -2.17. The third-order valence-electron chi connectivity index (χ3n) is 4.39. The molecule has 0 unspecified atom stereocenters. The lowest BCUT2D eigenvalue weighted by molar-refractivity contribution is 0.000867. The highest BCUT2D eigenvalue weighted by Crippen LogP contribution is 2.28. The molecular formula is C21H26O4. The smallest absolute Gasteiger partial charge is 0.107 e. The fraction of sp³-hybridized carbons (Fsp3) is 0.429. The van der Waals surface area contributed by atoms with Crippen molar-refractivity contribution >= 4 is 0 Å². The summed E-state index contributed by atoms with van der Waals surface area (Å²) in [6.45, 7) is 1.93. The molecule has 0 spiro atoms. The Kier molecular flexibility index (Phi) is 7.00. The molecular weight excluding hydrogens is 316 g/mol. The average Bonchev–Trinajstić information content (AvgIpc) is 3.43. The minimum absolute atomic E-state index is 0.0203. The Hall–Kier alpha value is -1.72. The highest BCUT2D eigenvalue weighted by molar-refractivity contribution is 5.14. The van der Waals surface area contributed by atoms with E-state index in [4.69, 9.17) is 19.3 Å². The van der Waals surface area contributed by atoms with Gasteiger partial charge in [0.05, 0.1) is 32.0 Å². The summed E-state index contributed by atoms with van der Waals surface area (Å²) < 4.78 is 17.3. The molecule has 1 heterocycles. The zero-order valence-corrected chi connectivity index (χ0v) is 14.4. The van der Waals surface area contributed by atoms with Gasteiger partial charge in [0, 0.05) is 13.0 Å². The largest absolute Gasteiger partial charge is 0.394 e. The Morgan fingerprint density at radius 3 is 2.12 bits per heavy atom. The highest BCUT2D eigenvalue weighted by atomic mass is 16.6. The fourth-order valence-electron chi connectivity index (χ4n) is 2.84. The molecule has 2 aromatic carbocycles. The van der Waals surface area contributed by atoms with Crippen molar-refractivity contribution < 1.29 is 19.3 Å². The van der Waals surface area contributed by atoms with Gasteiger partial charge in [0.25, 0.3) is 0 Å². The van der Waals surface area contributed by atoms with Crippen LogP contribution in [0.2, 0.25) is 0 Å². The number of ether oxygens (including phenoxy) is 3. The molecule has 4 heteroatoms. The van der Waals surface area contributed by atoms with Gasteiger partial charge in [-0.2, -0.15) is 0 Å². The summed E-state index contributed by atoms with van der Waals surface area (Å²) in [7, 11) is 0. The molecule has 0 amide bonds. The zero-order valence-electron chi connectivity index (χ0n) is 14.4. The Morgan fingerprint density at radius 2 is 1.52 bits per heavy atom. The van der Waals surface area contributed by atoms with E-state index in [9.17, 15) is 0 Å². The van der Waals surface area contributed by atoms with Gasteiger partial charge < -0.3 is 19.3 Å². The summed E-state index contributed by atoms with van der Waals surface area (Å²) in [6.07, 6.45) is 1.77. The van der Waals surface area contributed by atoms with Crippen LogP contribution in [0.4, 0.5) is 0 Å². The van der Waals surface area contributed by atoms with Gasteiger partial charge in [-0.3, -0.25) is 0 Å². The van der Waals surface area contributed by atoms with Gasteiger partial charge in [0.1, 0.15) is 6.10 Å². The van der Waals surface area contributed by atoms with Crippen LogP contribution < -0.4 is 0 Å². The predicted octanol–water partition coefficient (Wildman–Crippen LogP) is 3.33. The first-order valence-electron chi connectivity index (χ1n) is 8.88. The molecule has 1 N–H and O–H groups in total. The number of hydrogen-bond donors (Lipinski definition) is 1. The number of aliphatic hydroxyl groups excluding tert-OH is 1. The maximum atomic E-state index is 9.15. The van der Waals surface area contributed by atoms with Gasteiger partial charge in [-0.15, -0.1) is 0 Å². The molecule has 1 aliphatic rings. The minimum Gasteiger partial charge on any atom is -0.394 e. The highest BCUT2D eigenvalue weighted by Gasteiger charge is 2.39. The Bertz CT molecular complexity index is 602. The van der Waals surface area contributed by atoms with E-state index in [0.717, 1.165) is 18.4 Å². The third kappa shape index (κ3) is 6.25. The molecule has 25 heavy (non-hydrogen) atoms. The van der Waals surface area contributed by atoms with E-state index < -0.39 is 0 Å². The van der Waals surface area contributed by atoms with Crippen molar-refractivity contribution in [3.8, 4) is 0 Å². The molecule has 134 valence electrons. The van der Waals surface area contributed by atoms with Gasteiger partial charge in [-0.05, 0) is 17.5 Å². The van der Waals surface area contributed by atoms with Crippen molar-refractivity contribution in [2.75, 3.05) is 13.2 Å². The fourth-order valence-corrected chi connectivity index (χ4v) is 2.84. The van der Waals surface area contributed by atoms with Crippen LogP contribution in [0.1, 0.15) is 24.0 Å². The van der Waals surface area contributed by atoms with Crippen LogP contribution in [0.25, 0.3) is 0 Å². The number of rotatable bonds is 11. The van der Waals surface area contributed by atoms with Crippen molar-refractivity contribution in [3.63, 3.8) is 0 Å². The number of aliphatic hydroxyl groups is 1. The summed E-state index contributed by atoms with van der Waals surface area (Å²) in [5.41, 5.74) is 2.34. The maximum Gasteiger partial charge on any atom is 0.107 e. The maximum absolute atomic E-state index is 9.15. The molecule has 0 aliphatic carbocycles. The van der Waals surface area contributed by atoms with E-state index in [2.05, 4.69) is 24.3 Å². The molecule has 3 atom stereocenters. The normalized spacial score (nSPS) is 20.4. The second kappa shape index (κ2) is 9.68. The van der Waals surface area contributed by atoms with E-state index in [0.29, 0.717) is 19.8 Å². The number of hydrogen-bond acceptors (Lipinski definition) is 4. The van der Waals surface area contributed by atoms with Crippen LogP contribution in [0.15, 0.2) is 60.7 Å². The summed E-state index contributed by atoms with van der Waals surface area (Å²) in [5.74, 6) is 0. The summed E-state index contributed by atoms with van der Waals surface area (Å²) >= 11 is 0. The second-order valence-electron chi connectivity index (χ2n) is 6.38. The molecule has 0 saturated carbocycles. The monoisotopic (exact) mass is 342 g/mol. The molecule has 1 saturated heterocycles. The van der Waals surface area contributed by atoms with Crippen LogP contribution in [0.3, 0.4) is 0 Å². The Labute approximate surface area is 149 Å². The van der Waals surface area contributed by atoms with Crippen LogP contribution in [-0.4, -0.2) is 36.6 Å². The van der Waals surface area contributed by atoms with Crippen molar-refractivity contribution in [2.24, 2.45) is 0 Å². The van der Waals surface area contributed by atoms with Crippen molar-refractivity contribution in [3.05, 3.63) is 71.8 Å². The van der Waals surface area contributed by atoms with Crippen LogP contribution in [0, 0.1) is 0 Å². The van der Waals surface area contributed by atoms with E-state index in [-0.39, 0.29) is 24.9 Å². The van der Waals surface area contributed by atoms with Crippen molar-refractivity contribution in [1.29, 1.82) is 0 Å². The standard InChI is InChI=1S/C21H26O4/c22-14-21-20(25-21)13-19(24-16-18-9-5-2-6-10-18)11-12-23-15-17-7-3-1-4-8-17/h1-10,19-22H,11-16H2/t19-,20+,21+/m0/s1. The van der Waals surface area contributed by atoms with E-state index in [1.165, 1.54) is 5.56 Å². The first kappa shape index (κ1) is 18.1. The molecule has 1 fully saturated rings. The zero-order chi connectivity index (χ0) is 17.3. The van der Waals surface area contributed by atoms with Gasteiger partial charge in [0.2, 0.25) is 0 Å². The molecule has 1 aliphatic heterocycles. The lowest BCUT2D eigenvalue weighted by atomic mass is 10.1. The first-order valence-corrected chi connectivity index (χ1v) is 8.88. The second-order valence-corrected chi connectivity index (χ2v) is 6.38. The van der Waals surface area contributed by atoms with Gasteiger partial charge in [0.15, 0.2) is 0 Å². The van der Waals surface area contributed by atoms with E-state index >= 15 is 0 Å². The van der Waals surface area contributed by atoms with E-state index in [1.54, 1.807) is 0 Å². The Balaban J connectivity index is 1.42. The van der Waals surface area contributed by atoms with E-state index in [1.807, 2.05) is 36.4 Å². The molecule has 2 aromatic rings. The Morgan fingerprint density at radius 1 is 0.880 bits per heavy atom. The summed E-state index contributed by atoms with van der Waals surface area (Å²) in [6, 6.07) is 20.3. The number of benzene rings is 2. The van der Waals surface area contributed by atoms with Crippen molar-refractivity contribution in [2.45, 2.75) is 44.4 Å². The molecule has 4 nitrogen and oxygen atoms in total. The average molecular weight is 342 g/mol. The molecule has 0 bridgehead atoms. The summed E-state index contributed by atoms with van der Waals surface area (Å²) in [4.78, 5) is 0. The first-order chi connectivity index (χ1) is 12.3. The predicted molar refractivity (Wildman–Crippen MR) is 96.1 cm³/mol. The van der Waals surface area contributed by atoms with Crippen LogP contribution in [0.5, 0.6) is 0 Å². The topological polar surface area (TPSA) is 51.2 Å². The quantitative estimate of drug-likeness (QED) is 0.503. The van der Waals surface area contributed by atoms with Gasteiger partial charge in [-0.25, -0.2) is 0 Å². The SMILES string of the molecule is OC[C@H]1O[C@@H]1C[C@H](CCOCc1ccccc1)OCc1ccccc1. The molecule has 0 radical (unpaired) electrons. The summed E-state index contributed by atoms with van der Waals surface area (Å²) in [5, 5.41) is 9.15. The van der Waals surface area contributed by atoms with Gasteiger partial charge in [-0.1, -0.05) is 60.7 Å². The van der Waals surface area contributed by atoms with Gasteiger partial charge >= 0.3 is 0 Å². The molecule has 0 aromatic heterocycles. The van der Waals surface area contributed by atoms with Crippen molar-refractivity contribution in [1.82, 2.24) is 0 Å². The minimum atomic E-state index is -0.0203. The van der Waals surface area contributed by atoms with Crippen LogP contribution >= 0.6 is 0 Å².